The van der Waals surface area contributed by atoms with Crippen molar-refractivity contribution in [2.75, 3.05) is 11.9 Å². The lowest BCUT2D eigenvalue weighted by Gasteiger charge is -2.27. The second-order valence-electron chi connectivity index (χ2n) is 8.16. The molecule has 10 heteroatoms. The maximum absolute atomic E-state index is 13.1. The van der Waals surface area contributed by atoms with Gasteiger partial charge in [-0.25, -0.2) is 9.59 Å². The Labute approximate surface area is 207 Å². The number of hydroxylamine groups is 4. The first-order valence-electron chi connectivity index (χ1n) is 11.3. The summed E-state index contributed by atoms with van der Waals surface area (Å²) in [7, 11) is 1.31. The number of carbonyl (C=O) groups excluding carboxylic acids is 5. The zero-order valence-corrected chi connectivity index (χ0v) is 19.6. The summed E-state index contributed by atoms with van der Waals surface area (Å²) in [5, 5.41) is 1.28. The number of para-hydroxylation sites is 1. The van der Waals surface area contributed by atoms with E-state index >= 15 is 0 Å². The average Bonchev–Trinajstić information content (AvgIpc) is 3.17. The van der Waals surface area contributed by atoms with Crippen molar-refractivity contribution in [2.45, 2.75) is 38.6 Å². The Kier molecular flexibility index (Phi) is 7.30. The number of anilines is 1. The van der Waals surface area contributed by atoms with Crippen molar-refractivity contribution >= 4 is 35.5 Å². The van der Waals surface area contributed by atoms with E-state index in [0.29, 0.717) is 16.3 Å². The zero-order valence-electron chi connectivity index (χ0n) is 19.6. The predicted octanol–water partition coefficient (Wildman–Crippen LogP) is 2.69. The largest absolute Gasteiger partial charge is 0.439 e. The number of fused-ring (bicyclic) bond motifs is 2. The minimum Gasteiger partial charge on any atom is -0.330 e. The van der Waals surface area contributed by atoms with Gasteiger partial charge in [-0.2, -0.15) is 5.06 Å². The molecule has 0 atom stereocenters. The Balaban J connectivity index is 1.35. The van der Waals surface area contributed by atoms with Crippen molar-refractivity contribution in [3.63, 3.8) is 0 Å². The van der Waals surface area contributed by atoms with Gasteiger partial charge in [-0.1, -0.05) is 42.2 Å². The zero-order chi connectivity index (χ0) is 25.7. The number of nitrogens with zero attached hydrogens (tertiary/aromatic N) is 3. The van der Waals surface area contributed by atoms with Gasteiger partial charge >= 0.3 is 12.1 Å². The first-order chi connectivity index (χ1) is 17.3. The van der Waals surface area contributed by atoms with Crippen LogP contribution in [0.15, 0.2) is 48.5 Å². The monoisotopic (exact) mass is 489 g/mol. The molecule has 0 bridgehead atoms. The molecule has 2 aromatic rings. The second kappa shape index (κ2) is 10.7. The second-order valence-corrected chi connectivity index (χ2v) is 8.16. The molecule has 0 unspecified atom stereocenters. The predicted molar refractivity (Wildman–Crippen MR) is 125 cm³/mol. The fourth-order valence-corrected chi connectivity index (χ4v) is 3.71. The minimum absolute atomic E-state index is 0.000410. The number of benzene rings is 2. The highest BCUT2D eigenvalue weighted by molar-refractivity contribution is 6.01. The molecular formula is C26H23N3O7. The lowest BCUT2D eigenvalue weighted by molar-refractivity contribution is -0.197. The first kappa shape index (κ1) is 24.5. The van der Waals surface area contributed by atoms with E-state index in [-0.39, 0.29) is 38.6 Å². The van der Waals surface area contributed by atoms with Crippen molar-refractivity contribution in [1.29, 1.82) is 0 Å². The molecule has 0 saturated carbocycles. The Morgan fingerprint density at radius 3 is 2.31 bits per heavy atom. The van der Waals surface area contributed by atoms with E-state index in [4.69, 9.17) is 9.68 Å². The Morgan fingerprint density at radius 1 is 0.917 bits per heavy atom. The Morgan fingerprint density at radius 2 is 1.56 bits per heavy atom. The molecule has 2 aliphatic heterocycles. The van der Waals surface area contributed by atoms with Gasteiger partial charge in [-0.05, 0) is 30.2 Å². The SMILES string of the molecule is CN(OC(=O)N1Cc2ccccc2C#Cc2ccccc21)C(=O)CCCC(=O)ON1C(=O)CCC1=O. The normalized spacial score (nSPS) is 14.0. The Hall–Kier alpha value is -4.65. The average molecular weight is 489 g/mol. The van der Waals surface area contributed by atoms with Gasteiger partial charge in [-0.3, -0.25) is 19.3 Å². The van der Waals surface area contributed by atoms with Gasteiger partial charge in [0.25, 0.3) is 17.7 Å². The van der Waals surface area contributed by atoms with E-state index < -0.39 is 29.8 Å². The molecule has 1 fully saturated rings. The smallest absolute Gasteiger partial charge is 0.330 e. The lowest BCUT2D eigenvalue weighted by Crippen LogP contribution is -2.39. The number of hydrogen-bond acceptors (Lipinski definition) is 7. The van der Waals surface area contributed by atoms with Crippen molar-refractivity contribution < 1.29 is 33.6 Å². The van der Waals surface area contributed by atoms with Gasteiger partial charge in [0.1, 0.15) is 0 Å². The number of rotatable bonds is 5. The highest BCUT2D eigenvalue weighted by Gasteiger charge is 2.32. The van der Waals surface area contributed by atoms with Crippen LogP contribution in [-0.4, -0.2) is 47.0 Å². The number of imide groups is 1. The third kappa shape index (κ3) is 5.52. The number of amides is 4. The van der Waals surface area contributed by atoms with Crippen LogP contribution in [0.3, 0.4) is 0 Å². The summed E-state index contributed by atoms with van der Waals surface area (Å²) < 4.78 is 0. The van der Waals surface area contributed by atoms with Crippen LogP contribution in [0.5, 0.6) is 0 Å². The topological polar surface area (TPSA) is 114 Å². The summed E-state index contributed by atoms with van der Waals surface area (Å²) in [6.45, 7) is 0.197. The highest BCUT2D eigenvalue weighted by Crippen LogP contribution is 2.26. The van der Waals surface area contributed by atoms with Gasteiger partial charge in [0.15, 0.2) is 0 Å². The van der Waals surface area contributed by atoms with Crippen molar-refractivity contribution in [3.05, 3.63) is 65.2 Å². The molecule has 0 aromatic heterocycles. The summed E-state index contributed by atoms with van der Waals surface area (Å²) in [6, 6.07) is 14.6. The van der Waals surface area contributed by atoms with Crippen molar-refractivity contribution in [3.8, 4) is 11.8 Å². The highest BCUT2D eigenvalue weighted by atomic mass is 16.7. The molecule has 2 aromatic carbocycles. The molecule has 4 rings (SSSR count). The van der Waals surface area contributed by atoms with Gasteiger partial charge in [0, 0.05) is 43.9 Å². The first-order valence-corrected chi connectivity index (χ1v) is 11.3. The van der Waals surface area contributed by atoms with E-state index in [1.165, 1.54) is 11.9 Å². The van der Waals surface area contributed by atoms with Gasteiger partial charge in [-0.15, -0.1) is 5.06 Å². The molecule has 1 saturated heterocycles. The molecule has 0 spiro atoms. The van der Waals surface area contributed by atoms with Crippen LogP contribution < -0.4 is 4.90 Å². The molecule has 2 heterocycles. The summed E-state index contributed by atoms with van der Waals surface area (Å²) >= 11 is 0. The van der Waals surface area contributed by atoms with Gasteiger partial charge < -0.3 is 9.68 Å². The number of carbonyl (C=O) groups is 5. The van der Waals surface area contributed by atoms with E-state index in [9.17, 15) is 24.0 Å². The third-order valence-electron chi connectivity index (χ3n) is 5.63. The summed E-state index contributed by atoms with van der Waals surface area (Å²) in [6.07, 6.45) is -1.00. The molecule has 0 radical (unpaired) electrons. The standard InChI is InChI=1S/C26H23N3O7/c1-27(22(30)11-6-12-25(33)35-29-23(31)15-16-24(29)32)36-26(34)28-17-20-9-3-2-7-18(20)13-14-19-8-4-5-10-21(19)28/h2-5,7-10H,6,11-12,15-17H2,1H3. The van der Waals surface area contributed by atoms with Crippen LogP contribution in [0.4, 0.5) is 10.5 Å². The summed E-state index contributed by atoms with van der Waals surface area (Å²) in [5.41, 5.74) is 2.82. The van der Waals surface area contributed by atoms with Crippen LogP contribution in [0.25, 0.3) is 0 Å². The van der Waals surface area contributed by atoms with E-state index in [1.54, 1.807) is 18.2 Å². The molecule has 0 N–H and O–H groups in total. The molecule has 4 amide bonds. The number of hydrogen-bond donors (Lipinski definition) is 0. The minimum atomic E-state index is -0.803. The van der Waals surface area contributed by atoms with Gasteiger partial charge in [0.2, 0.25) is 0 Å². The van der Waals surface area contributed by atoms with E-state index in [0.717, 1.165) is 16.2 Å². The quantitative estimate of drug-likeness (QED) is 0.360. The lowest BCUT2D eigenvalue weighted by atomic mass is 10.0. The fraction of sp³-hybridized carbons (Fsp3) is 0.269. The van der Waals surface area contributed by atoms with Crippen LogP contribution in [-0.2, 0) is 35.4 Å². The third-order valence-corrected chi connectivity index (χ3v) is 5.63. The molecular weight excluding hydrogens is 466 g/mol. The fourth-order valence-electron chi connectivity index (χ4n) is 3.71. The molecule has 2 aliphatic rings. The molecule has 184 valence electrons. The van der Waals surface area contributed by atoms with Crippen LogP contribution in [0.2, 0.25) is 0 Å². The molecule has 10 nitrogen and oxygen atoms in total. The molecule has 36 heavy (non-hydrogen) atoms. The van der Waals surface area contributed by atoms with E-state index in [2.05, 4.69) is 11.8 Å². The summed E-state index contributed by atoms with van der Waals surface area (Å²) in [5.74, 6) is 3.72. The maximum atomic E-state index is 13.1. The Bertz CT molecular complexity index is 1280. The van der Waals surface area contributed by atoms with E-state index in [1.807, 2.05) is 30.3 Å². The van der Waals surface area contributed by atoms with Crippen LogP contribution in [0.1, 0.15) is 48.8 Å². The summed E-state index contributed by atoms with van der Waals surface area (Å²) in [4.78, 5) is 72.0. The van der Waals surface area contributed by atoms with Crippen molar-refractivity contribution in [1.82, 2.24) is 10.1 Å². The van der Waals surface area contributed by atoms with Gasteiger partial charge in [0.05, 0.1) is 12.2 Å². The van der Waals surface area contributed by atoms with Crippen molar-refractivity contribution in [2.24, 2.45) is 0 Å². The van der Waals surface area contributed by atoms with Crippen LogP contribution >= 0.6 is 0 Å². The molecule has 0 aliphatic carbocycles. The van der Waals surface area contributed by atoms with Crippen LogP contribution in [0, 0.1) is 11.8 Å². The maximum Gasteiger partial charge on any atom is 0.439 e.